The van der Waals surface area contributed by atoms with Crippen LogP contribution in [0.4, 0.5) is 5.82 Å². The number of anilines is 1. The first-order valence-corrected chi connectivity index (χ1v) is 8.43. The third-order valence-electron chi connectivity index (χ3n) is 3.14. The van der Waals surface area contributed by atoms with Crippen molar-refractivity contribution in [2.24, 2.45) is 7.05 Å². The van der Waals surface area contributed by atoms with E-state index < -0.39 is 0 Å². The van der Waals surface area contributed by atoms with Gasteiger partial charge in [-0.2, -0.15) is 5.10 Å². The highest BCUT2D eigenvalue weighted by Crippen LogP contribution is 2.45. The van der Waals surface area contributed by atoms with Gasteiger partial charge < -0.3 is 5.73 Å². The Morgan fingerprint density at radius 1 is 1.19 bits per heavy atom. The number of nitrogens with two attached hydrogens (primary N) is 1. The molecule has 2 heterocycles. The molecule has 0 unspecified atom stereocenters. The van der Waals surface area contributed by atoms with E-state index in [1.54, 1.807) is 35.2 Å². The zero-order valence-corrected chi connectivity index (χ0v) is 14.8. The number of nitrogen functional groups attached to an aromatic ring is 1. The van der Waals surface area contributed by atoms with E-state index in [0.29, 0.717) is 21.4 Å². The van der Waals surface area contributed by atoms with Crippen molar-refractivity contribution in [3.63, 3.8) is 0 Å². The number of hydrogen-bond acceptors (Lipinski definition) is 3. The van der Waals surface area contributed by atoms with Gasteiger partial charge in [-0.3, -0.25) is 4.68 Å². The van der Waals surface area contributed by atoms with Crippen LogP contribution in [0.1, 0.15) is 0 Å². The van der Waals surface area contributed by atoms with Gasteiger partial charge in [0.15, 0.2) is 0 Å². The third-order valence-corrected chi connectivity index (χ3v) is 5.61. The molecule has 1 aromatic carbocycles. The molecule has 0 saturated carbocycles. The highest BCUT2D eigenvalue weighted by Gasteiger charge is 2.23. The molecule has 3 rings (SSSR count). The summed E-state index contributed by atoms with van der Waals surface area (Å²) < 4.78 is 2.60. The van der Waals surface area contributed by atoms with Crippen LogP contribution in [0.15, 0.2) is 34.1 Å². The second-order valence-electron chi connectivity index (χ2n) is 4.43. The predicted octanol–water partition coefficient (Wildman–Crippen LogP) is 5.47. The Morgan fingerprint density at radius 2 is 1.86 bits per heavy atom. The maximum atomic E-state index is 6.33. The molecule has 0 aliphatic carbocycles. The number of rotatable bonds is 2. The molecule has 108 valence electrons. The van der Waals surface area contributed by atoms with E-state index >= 15 is 0 Å². The van der Waals surface area contributed by atoms with Crippen molar-refractivity contribution in [1.29, 1.82) is 0 Å². The van der Waals surface area contributed by atoms with Crippen LogP contribution >= 0.6 is 50.5 Å². The lowest BCUT2D eigenvalue weighted by molar-refractivity contribution is 0.783. The summed E-state index contributed by atoms with van der Waals surface area (Å²) in [7, 11) is 1.80. The van der Waals surface area contributed by atoms with Crippen molar-refractivity contribution in [2.45, 2.75) is 0 Å². The van der Waals surface area contributed by atoms with Gasteiger partial charge in [0.2, 0.25) is 0 Å². The topological polar surface area (TPSA) is 43.8 Å². The third kappa shape index (κ3) is 2.48. The van der Waals surface area contributed by atoms with Crippen LogP contribution in [0.3, 0.4) is 0 Å². The molecule has 0 aliphatic heterocycles. The molecule has 0 amide bonds. The largest absolute Gasteiger partial charge is 0.383 e. The van der Waals surface area contributed by atoms with E-state index in [0.717, 1.165) is 20.6 Å². The van der Waals surface area contributed by atoms with Crippen molar-refractivity contribution in [3.05, 3.63) is 44.2 Å². The van der Waals surface area contributed by atoms with Gasteiger partial charge in [-0.05, 0) is 39.5 Å². The number of aryl methyl sites for hydroxylation is 1. The average Bonchev–Trinajstić information content (AvgIpc) is 2.96. The average molecular weight is 403 g/mol. The van der Waals surface area contributed by atoms with Crippen LogP contribution in [-0.2, 0) is 7.05 Å². The molecule has 7 heteroatoms. The Bertz CT molecular complexity index is 805. The van der Waals surface area contributed by atoms with E-state index in [-0.39, 0.29) is 0 Å². The zero-order chi connectivity index (χ0) is 15.1. The molecule has 2 aromatic heterocycles. The van der Waals surface area contributed by atoms with E-state index in [1.807, 2.05) is 17.5 Å². The fourth-order valence-electron chi connectivity index (χ4n) is 2.14. The summed E-state index contributed by atoms with van der Waals surface area (Å²) in [6.07, 6.45) is 0. The first-order chi connectivity index (χ1) is 10.0. The van der Waals surface area contributed by atoms with Gasteiger partial charge >= 0.3 is 0 Å². The lowest BCUT2D eigenvalue weighted by Gasteiger charge is -2.08. The predicted molar refractivity (Wildman–Crippen MR) is 94.1 cm³/mol. The van der Waals surface area contributed by atoms with Crippen LogP contribution in [0, 0.1) is 0 Å². The van der Waals surface area contributed by atoms with Crippen molar-refractivity contribution in [2.75, 3.05) is 5.73 Å². The van der Waals surface area contributed by atoms with Crippen LogP contribution < -0.4 is 5.73 Å². The summed E-state index contributed by atoms with van der Waals surface area (Å²) in [6.45, 7) is 0. The van der Waals surface area contributed by atoms with E-state index in [2.05, 4.69) is 21.0 Å². The van der Waals surface area contributed by atoms with Gasteiger partial charge in [-0.25, -0.2) is 0 Å². The quantitative estimate of drug-likeness (QED) is 0.617. The highest BCUT2D eigenvalue weighted by molar-refractivity contribution is 9.10. The molecule has 0 atom stereocenters. The van der Waals surface area contributed by atoms with Crippen molar-refractivity contribution < 1.29 is 0 Å². The zero-order valence-electron chi connectivity index (χ0n) is 10.9. The Balaban J connectivity index is 2.36. The number of benzene rings is 1. The number of aromatic nitrogens is 2. The van der Waals surface area contributed by atoms with Gasteiger partial charge in [0.1, 0.15) is 11.5 Å². The first-order valence-electron chi connectivity index (χ1n) is 6.01. The molecule has 0 saturated heterocycles. The van der Waals surface area contributed by atoms with Crippen LogP contribution in [0.5, 0.6) is 0 Å². The summed E-state index contributed by atoms with van der Waals surface area (Å²) in [4.78, 5) is 0.994. The fraction of sp³-hybridized carbons (Fsp3) is 0.0714. The maximum Gasteiger partial charge on any atom is 0.130 e. The van der Waals surface area contributed by atoms with Crippen LogP contribution in [-0.4, -0.2) is 9.78 Å². The van der Waals surface area contributed by atoms with Crippen LogP contribution in [0.25, 0.3) is 21.7 Å². The highest BCUT2D eigenvalue weighted by atomic mass is 79.9. The van der Waals surface area contributed by atoms with Gasteiger partial charge in [0.25, 0.3) is 0 Å². The van der Waals surface area contributed by atoms with E-state index in [9.17, 15) is 0 Å². The molecule has 21 heavy (non-hydrogen) atoms. The summed E-state index contributed by atoms with van der Waals surface area (Å²) in [6, 6.07) is 7.37. The summed E-state index contributed by atoms with van der Waals surface area (Å²) >= 11 is 17.8. The number of nitrogens with zero attached hydrogens (tertiary/aromatic N) is 2. The van der Waals surface area contributed by atoms with Crippen molar-refractivity contribution in [3.8, 4) is 21.7 Å². The molecular weight excluding hydrogens is 393 g/mol. The molecule has 0 spiro atoms. The molecule has 0 radical (unpaired) electrons. The molecule has 0 fully saturated rings. The number of thiophene rings is 1. The first kappa shape index (κ1) is 14.9. The normalized spacial score (nSPS) is 11.0. The van der Waals surface area contributed by atoms with Crippen molar-refractivity contribution >= 4 is 56.3 Å². The van der Waals surface area contributed by atoms with Crippen LogP contribution in [0.2, 0.25) is 10.0 Å². The van der Waals surface area contributed by atoms with E-state index in [1.165, 1.54) is 0 Å². The van der Waals surface area contributed by atoms with E-state index in [4.69, 9.17) is 28.9 Å². The smallest absolute Gasteiger partial charge is 0.130 e. The summed E-state index contributed by atoms with van der Waals surface area (Å²) in [5.41, 5.74) is 8.44. The standard InChI is InChI=1S/C14H10BrCl2N3S/c1-20-14(18)11(10-8(16)3-2-4-9(10)17)12(19-20)13-7(15)5-6-21-13/h2-6H,18H2,1H3. The number of hydrogen-bond donors (Lipinski definition) is 1. The summed E-state index contributed by atoms with van der Waals surface area (Å²) in [5.74, 6) is 0.528. The number of halogens is 3. The minimum atomic E-state index is 0.528. The lowest BCUT2D eigenvalue weighted by Crippen LogP contribution is -1.98. The minimum Gasteiger partial charge on any atom is -0.383 e. The Kier molecular flexibility index (Phi) is 4.01. The monoisotopic (exact) mass is 401 g/mol. The van der Waals surface area contributed by atoms with Gasteiger partial charge in [0, 0.05) is 17.1 Å². The molecule has 0 bridgehead atoms. The molecular formula is C14H10BrCl2N3S. The van der Waals surface area contributed by atoms with Gasteiger partial charge in [-0.15, -0.1) is 11.3 Å². The van der Waals surface area contributed by atoms with Gasteiger partial charge in [-0.1, -0.05) is 29.3 Å². The molecule has 0 aliphatic rings. The SMILES string of the molecule is Cn1nc(-c2sccc2Br)c(-c2c(Cl)cccc2Cl)c1N. The molecule has 3 aromatic rings. The lowest BCUT2D eigenvalue weighted by atomic mass is 10.0. The Morgan fingerprint density at radius 3 is 2.43 bits per heavy atom. The second-order valence-corrected chi connectivity index (χ2v) is 7.01. The molecule has 2 N–H and O–H groups in total. The van der Waals surface area contributed by atoms with Crippen molar-refractivity contribution in [1.82, 2.24) is 9.78 Å². The minimum absolute atomic E-state index is 0.528. The maximum absolute atomic E-state index is 6.33. The second kappa shape index (κ2) is 5.65. The fourth-order valence-corrected chi connectivity index (χ4v) is 4.28. The van der Waals surface area contributed by atoms with Gasteiger partial charge in [0.05, 0.1) is 20.5 Å². The Hall–Kier alpha value is -1.01. The Labute approximate surface area is 144 Å². The summed E-state index contributed by atoms with van der Waals surface area (Å²) in [5, 5.41) is 7.62. The molecule has 3 nitrogen and oxygen atoms in total.